The summed E-state index contributed by atoms with van der Waals surface area (Å²) in [6, 6.07) is 5.99. The minimum atomic E-state index is 0.0521. The monoisotopic (exact) mass is 421 g/mol. The molecule has 1 N–H and O–H groups in total. The van der Waals surface area contributed by atoms with E-state index in [2.05, 4.69) is 35.8 Å². The average molecular weight is 422 g/mol. The molecule has 1 unspecified atom stereocenters. The second kappa shape index (κ2) is 8.96. The number of rotatable bonds is 6. The third-order valence-corrected chi connectivity index (χ3v) is 6.59. The number of nitrogens with one attached hydrogen (secondary N) is 1. The van der Waals surface area contributed by atoms with Gasteiger partial charge in [-0.15, -0.1) is 0 Å². The number of aryl methyl sites for hydroxylation is 2. The number of fused-ring (bicyclic) bond motifs is 1. The Morgan fingerprint density at radius 1 is 1.26 bits per heavy atom. The molecule has 3 aromatic rings. The van der Waals surface area contributed by atoms with Crippen LogP contribution in [0, 0.1) is 19.8 Å². The minimum Gasteiger partial charge on any atom is -0.354 e. The molecule has 1 aromatic carbocycles. The van der Waals surface area contributed by atoms with Gasteiger partial charge >= 0.3 is 0 Å². The molecule has 2 amide bonds. The number of aromatic nitrogens is 3. The summed E-state index contributed by atoms with van der Waals surface area (Å²) < 4.78 is 4.11. The molecular weight excluding hydrogens is 390 g/mol. The van der Waals surface area contributed by atoms with Crippen LogP contribution in [0.1, 0.15) is 40.9 Å². The van der Waals surface area contributed by atoms with Crippen molar-refractivity contribution in [2.45, 2.75) is 39.7 Å². The fraction of sp³-hybridized carbons (Fsp3) is 0.458. The van der Waals surface area contributed by atoms with Crippen molar-refractivity contribution in [1.29, 1.82) is 0 Å². The normalized spacial score (nSPS) is 16.6. The molecule has 1 atom stereocenters. The number of benzene rings is 1. The predicted molar refractivity (Wildman–Crippen MR) is 121 cm³/mol. The van der Waals surface area contributed by atoms with Gasteiger partial charge in [0.25, 0.3) is 5.91 Å². The van der Waals surface area contributed by atoms with Crippen molar-refractivity contribution in [3.63, 3.8) is 0 Å². The topological polar surface area (TPSA) is 72.2 Å². The Labute approximate surface area is 183 Å². The van der Waals surface area contributed by atoms with Crippen molar-refractivity contribution in [2.24, 2.45) is 13.0 Å². The lowest BCUT2D eigenvalue weighted by Crippen LogP contribution is -2.41. The molecule has 7 heteroatoms. The van der Waals surface area contributed by atoms with Gasteiger partial charge in [0.2, 0.25) is 5.91 Å². The lowest BCUT2D eigenvalue weighted by Gasteiger charge is -2.32. The van der Waals surface area contributed by atoms with Crippen LogP contribution in [0.2, 0.25) is 0 Å². The van der Waals surface area contributed by atoms with Crippen LogP contribution in [0.4, 0.5) is 0 Å². The van der Waals surface area contributed by atoms with Gasteiger partial charge in [0.05, 0.1) is 6.33 Å². The molecule has 0 bridgehead atoms. The van der Waals surface area contributed by atoms with Crippen molar-refractivity contribution >= 4 is 22.7 Å². The molecule has 3 heterocycles. The van der Waals surface area contributed by atoms with E-state index in [0.29, 0.717) is 26.1 Å². The van der Waals surface area contributed by atoms with Crippen molar-refractivity contribution < 1.29 is 9.59 Å². The van der Waals surface area contributed by atoms with E-state index in [1.807, 2.05) is 33.9 Å². The highest BCUT2D eigenvalue weighted by Gasteiger charge is 2.26. The van der Waals surface area contributed by atoms with E-state index in [0.717, 1.165) is 35.9 Å². The molecule has 0 aliphatic carbocycles. The maximum Gasteiger partial charge on any atom is 0.253 e. The Hall–Kier alpha value is -3.09. The van der Waals surface area contributed by atoms with Gasteiger partial charge in [-0.1, -0.05) is 0 Å². The summed E-state index contributed by atoms with van der Waals surface area (Å²) in [6.45, 7) is 6.89. The second-order valence-electron chi connectivity index (χ2n) is 8.62. The first-order valence-corrected chi connectivity index (χ1v) is 11.0. The van der Waals surface area contributed by atoms with Crippen LogP contribution in [0.25, 0.3) is 10.9 Å². The Morgan fingerprint density at radius 2 is 2.10 bits per heavy atom. The zero-order valence-electron chi connectivity index (χ0n) is 18.6. The summed E-state index contributed by atoms with van der Waals surface area (Å²) >= 11 is 0. The van der Waals surface area contributed by atoms with Crippen molar-refractivity contribution in [3.8, 4) is 0 Å². The predicted octanol–water partition coefficient (Wildman–Crippen LogP) is 3.05. The molecule has 4 rings (SSSR count). The van der Waals surface area contributed by atoms with E-state index in [-0.39, 0.29) is 17.7 Å². The molecule has 0 radical (unpaired) electrons. The van der Waals surface area contributed by atoms with Crippen molar-refractivity contribution in [2.75, 3.05) is 19.6 Å². The Bertz CT molecular complexity index is 1080. The number of amides is 2. The van der Waals surface area contributed by atoms with Gasteiger partial charge in [0.15, 0.2) is 0 Å². The maximum absolute atomic E-state index is 13.2. The Morgan fingerprint density at radius 3 is 2.87 bits per heavy atom. The lowest BCUT2D eigenvalue weighted by molar-refractivity contribution is -0.122. The SMILES string of the molecule is Cc1c(C)n(C)c2ccc(C(=O)N3CCCC(CC(=O)NCCn4ccnc4)C3)cc12. The highest BCUT2D eigenvalue weighted by atomic mass is 16.2. The van der Waals surface area contributed by atoms with Gasteiger partial charge in [-0.2, -0.15) is 0 Å². The number of nitrogens with zero attached hydrogens (tertiary/aromatic N) is 4. The van der Waals surface area contributed by atoms with Gasteiger partial charge in [0.1, 0.15) is 0 Å². The number of piperidine rings is 1. The molecule has 1 aliphatic heterocycles. The minimum absolute atomic E-state index is 0.0521. The quantitative estimate of drug-likeness (QED) is 0.665. The molecule has 164 valence electrons. The van der Waals surface area contributed by atoms with E-state index in [1.165, 1.54) is 11.3 Å². The van der Waals surface area contributed by atoms with Gasteiger partial charge in [-0.25, -0.2) is 4.98 Å². The lowest BCUT2D eigenvalue weighted by atomic mass is 9.94. The molecule has 0 spiro atoms. The van der Waals surface area contributed by atoms with E-state index in [1.54, 1.807) is 12.5 Å². The van der Waals surface area contributed by atoms with Gasteiger partial charge in [-0.05, 0) is 56.4 Å². The maximum atomic E-state index is 13.2. The molecule has 31 heavy (non-hydrogen) atoms. The van der Waals surface area contributed by atoms with Crippen molar-refractivity contribution in [1.82, 2.24) is 24.3 Å². The van der Waals surface area contributed by atoms with Crippen LogP contribution in [-0.4, -0.2) is 50.5 Å². The molecule has 1 saturated heterocycles. The zero-order chi connectivity index (χ0) is 22.0. The van der Waals surface area contributed by atoms with Crippen LogP contribution in [-0.2, 0) is 18.4 Å². The number of carbonyl (C=O) groups excluding carboxylic acids is 2. The van der Waals surface area contributed by atoms with Crippen LogP contribution in [0.5, 0.6) is 0 Å². The number of carbonyl (C=O) groups is 2. The van der Waals surface area contributed by atoms with Gasteiger partial charge in [-0.3, -0.25) is 9.59 Å². The van der Waals surface area contributed by atoms with Crippen LogP contribution in [0.3, 0.4) is 0 Å². The average Bonchev–Trinajstić information content (AvgIpc) is 3.36. The van der Waals surface area contributed by atoms with Crippen LogP contribution in [0.15, 0.2) is 36.9 Å². The summed E-state index contributed by atoms with van der Waals surface area (Å²) in [5, 5.41) is 4.12. The molecular formula is C24H31N5O2. The molecule has 0 saturated carbocycles. The third-order valence-electron chi connectivity index (χ3n) is 6.59. The Balaban J connectivity index is 1.35. The van der Waals surface area contributed by atoms with Crippen LogP contribution < -0.4 is 5.32 Å². The smallest absolute Gasteiger partial charge is 0.253 e. The van der Waals surface area contributed by atoms with E-state index in [9.17, 15) is 9.59 Å². The number of hydrogen-bond acceptors (Lipinski definition) is 3. The largest absolute Gasteiger partial charge is 0.354 e. The number of imidazole rings is 1. The first-order chi connectivity index (χ1) is 14.9. The summed E-state index contributed by atoms with van der Waals surface area (Å²) in [5.41, 5.74) is 4.31. The van der Waals surface area contributed by atoms with E-state index in [4.69, 9.17) is 0 Å². The number of likely N-dealkylation sites (tertiary alicyclic amines) is 1. The highest BCUT2D eigenvalue weighted by Crippen LogP contribution is 2.27. The molecule has 2 aromatic heterocycles. The standard InChI is InChI=1S/C24H31N5O2/c1-17-18(2)27(3)22-7-6-20(14-21(17)22)24(31)29-10-4-5-19(15-29)13-23(30)26-9-12-28-11-8-25-16-28/h6-8,11,14,16,19H,4-5,9-10,12-13,15H2,1-3H3,(H,26,30). The van der Waals surface area contributed by atoms with E-state index < -0.39 is 0 Å². The summed E-state index contributed by atoms with van der Waals surface area (Å²) in [6.07, 6.45) is 7.73. The van der Waals surface area contributed by atoms with Gasteiger partial charge < -0.3 is 19.4 Å². The zero-order valence-corrected chi connectivity index (χ0v) is 18.6. The van der Waals surface area contributed by atoms with E-state index >= 15 is 0 Å². The Kier molecular flexibility index (Phi) is 6.11. The molecule has 7 nitrogen and oxygen atoms in total. The summed E-state index contributed by atoms with van der Waals surface area (Å²) in [7, 11) is 2.06. The molecule has 1 fully saturated rings. The third kappa shape index (κ3) is 4.50. The second-order valence-corrected chi connectivity index (χ2v) is 8.62. The summed E-state index contributed by atoms with van der Waals surface area (Å²) in [4.78, 5) is 31.5. The van der Waals surface area contributed by atoms with Crippen LogP contribution >= 0.6 is 0 Å². The number of hydrogen-bond donors (Lipinski definition) is 1. The van der Waals surface area contributed by atoms with Crippen molar-refractivity contribution in [3.05, 3.63) is 53.7 Å². The first-order valence-electron chi connectivity index (χ1n) is 11.0. The van der Waals surface area contributed by atoms with Gasteiger partial charge in [0, 0.05) is 74.2 Å². The summed E-state index contributed by atoms with van der Waals surface area (Å²) in [5.74, 6) is 0.319. The molecule has 1 aliphatic rings. The fourth-order valence-corrected chi connectivity index (χ4v) is 4.57. The first kappa shape index (κ1) is 21.2. The highest BCUT2D eigenvalue weighted by molar-refractivity contribution is 5.99. The fourth-order valence-electron chi connectivity index (χ4n) is 4.57.